The van der Waals surface area contributed by atoms with Gasteiger partial charge >= 0.3 is 13.8 Å². The van der Waals surface area contributed by atoms with E-state index in [1.54, 1.807) is 0 Å². The second kappa shape index (κ2) is 48.4. The molecule has 3 N–H and O–H groups in total. The van der Waals surface area contributed by atoms with Gasteiger partial charge in [0.05, 0.1) is 13.2 Å². The predicted octanol–water partition coefficient (Wildman–Crippen LogP) is 15.1. The van der Waals surface area contributed by atoms with Crippen LogP contribution in [-0.4, -0.2) is 54.3 Å². The summed E-state index contributed by atoms with van der Waals surface area (Å²) >= 11 is 0. The molecular formula is C52H96NO8P. The summed E-state index contributed by atoms with van der Waals surface area (Å²) in [6.45, 7) is 3.54. The predicted molar refractivity (Wildman–Crippen MR) is 261 cm³/mol. The van der Waals surface area contributed by atoms with E-state index >= 15 is 0 Å². The Kier molecular flexibility index (Phi) is 46.8. The van der Waals surface area contributed by atoms with E-state index < -0.39 is 26.5 Å². The lowest BCUT2D eigenvalue weighted by Gasteiger charge is -2.15. The summed E-state index contributed by atoms with van der Waals surface area (Å²) in [4.78, 5) is 34.1. The summed E-state index contributed by atoms with van der Waals surface area (Å²) in [6, 6.07) is 0. The molecule has 0 radical (unpaired) electrons. The minimum absolute atomic E-state index is 0.0783. The fraction of sp³-hybridized carbons (Fsp3) is 0.808. The highest BCUT2D eigenvalue weighted by atomic mass is 31.2. The Morgan fingerprint density at radius 2 is 0.871 bits per heavy atom. The molecular weight excluding hydrogens is 798 g/mol. The second-order valence-corrected chi connectivity index (χ2v) is 18.6. The molecule has 362 valence electrons. The van der Waals surface area contributed by atoms with E-state index in [9.17, 15) is 24.2 Å². The molecule has 2 unspecified atom stereocenters. The molecule has 62 heavy (non-hydrogen) atoms. The van der Waals surface area contributed by atoms with Crippen molar-refractivity contribution in [3.05, 3.63) is 48.6 Å². The number of esters is 1. The third-order valence-corrected chi connectivity index (χ3v) is 12.0. The number of nitrogens with one attached hydrogen (secondary N) is 1. The Balaban J connectivity index is 3.57. The number of phosphoric acid groups is 1. The number of aliphatic hydroxyl groups excluding tert-OH is 1. The van der Waals surface area contributed by atoms with Gasteiger partial charge in [0.2, 0.25) is 5.91 Å². The molecule has 0 saturated heterocycles. The minimum Gasteiger partial charge on any atom is -0.463 e. The zero-order chi connectivity index (χ0) is 45.3. The van der Waals surface area contributed by atoms with E-state index in [2.05, 4.69) is 67.8 Å². The van der Waals surface area contributed by atoms with Crippen LogP contribution in [0.15, 0.2) is 48.6 Å². The third kappa shape index (κ3) is 49.0. The summed E-state index contributed by atoms with van der Waals surface area (Å²) in [6.07, 6.45) is 57.6. The van der Waals surface area contributed by atoms with E-state index in [4.69, 9.17) is 13.8 Å². The maximum atomic E-state index is 12.1. The Bertz CT molecular complexity index is 1160. The molecule has 0 fully saturated rings. The second-order valence-electron chi connectivity index (χ2n) is 17.1. The van der Waals surface area contributed by atoms with Crippen molar-refractivity contribution in [3.63, 3.8) is 0 Å². The number of unbranched alkanes of at least 4 members (excludes halogenated alkanes) is 27. The van der Waals surface area contributed by atoms with Gasteiger partial charge in [-0.2, -0.15) is 0 Å². The first-order valence-electron chi connectivity index (χ1n) is 25.6. The van der Waals surface area contributed by atoms with Crippen molar-refractivity contribution >= 4 is 19.7 Å². The van der Waals surface area contributed by atoms with Crippen molar-refractivity contribution in [1.82, 2.24) is 5.32 Å². The quantitative estimate of drug-likeness (QED) is 0.0238. The Labute approximate surface area is 381 Å². The zero-order valence-corrected chi connectivity index (χ0v) is 41.0. The van der Waals surface area contributed by atoms with Crippen LogP contribution in [-0.2, 0) is 27.9 Å². The fourth-order valence-electron chi connectivity index (χ4n) is 7.09. The number of phosphoric ester groups is 1. The molecule has 0 spiro atoms. The first kappa shape index (κ1) is 60.0. The summed E-state index contributed by atoms with van der Waals surface area (Å²) < 4.78 is 27.0. The first-order chi connectivity index (χ1) is 30.3. The normalized spacial score (nSPS) is 13.5. The van der Waals surface area contributed by atoms with Gasteiger partial charge < -0.3 is 20.1 Å². The molecule has 2 atom stereocenters. The van der Waals surface area contributed by atoms with Gasteiger partial charge in [0.1, 0.15) is 12.7 Å². The van der Waals surface area contributed by atoms with Gasteiger partial charge in [-0.05, 0) is 77.0 Å². The number of allylic oxidation sites excluding steroid dienone is 8. The Hall–Kier alpha value is -2.03. The third-order valence-electron chi connectivity index (χ3n) is 11.0. The molecule has 1 amide bonds. The van der Waals surface area contributed by atoms with Gasteiger partial charge in [-0.15, -0.1) is 0 Å². The maximum absolute atomic E-state index is 12.1. The van der Waals surface area contributed by atoms with Gasteiger partial charge in [-0.1, -0.05) is 197 Å². The molecule has 9 nitrogen and oxygen atoms in total. The van der Waals surface area contributed by atoms with Crippen molar-refractivity contribution in [2.75, 3.05) is 26.4 Å². The average molecular weight is 894 g/mol. The van der Waals surface area contributed by atoms with Crippen molar-refractivity contribution in [1.29, 1.82) is 0 Å². The molecule has 0 aliphatic rings. The lowest BCUT2D eigenvalue weighted by atomic mass is 10.0. The fourth-order valence-corrected chi connectivity index (χ4v) is 7.85. The van der Waals surface area contributed by atoms with E-state index in [0.717, 1.165) is 51.4 Å². The number of hydrogen-bond donors (Lipinski definition) is 3. The van der Waals surface area contributed by atoms with Crippen LogP contribution in [0.2, 0.25) is 0 Å². The average Bonchev–Trinajstić information content (AvgIpc) is 3.26. The van der Waals surface area contributed by atoms with Crippen LogP contribution < -0.4 is 5.32 Å². The van der Waals surface area contributed by atoms with Gasteiger partial charge in [0, 0.05) is 19.4 Å². The van der Waals surface area contributed by atoms with Crippen molar-refractivity contribution < 1.29 is 37.9 Å². The van der Waals surface area contributed by atoms with E-state index in [-0.39, 0.29) is 32.1 Å². The monoisotopic (exact) mass is 894 g/mol. The molecule has 0 aromatic carbocycles. The van der Waals surface area contributed by atoms with Crippen LogP contribution in [0.3, 0.4) is 0 Å². The minimum atomic E-state index is -4.42. The summed E-state index contributed by atoms with van der Waals surface area (Å²) in [5.74, 6) is -0.520. The molecule has 0 bridgehead atoms. The molecule has 0 heterocycles. The van der Waals surface area contributed by atoms with Crippen LogP contribution in [0.25, 0.3) is 0 Å². The first-order valence-corrected chi connectivity index (χ1v) is 27.1. The van der Waals surface area contributed by atoms with E-state index in [1.165, 1.54) is 161 Å². The van der Waals surface area contributed by atoms with Crippen LogP contribution in [0.1, 0.15) is 239 Å². The Morgan fingerprint density at radius 1 is 0.500 bits per heavy atom. The highest BCUT2D eigenvalue weighted by Gasteiger charge is 2.23. The van der Waals surface area contributed by atoms with Crippen LogP contribution in [0, 0.1) is 0 Å². The number of aliphatic hydroxyl groups is 1. The highest BCUT2D eigenvalue weighted by molar-refractivity contribution is 7.47. The van der Waals surface area contributed by atoms with Gasteiger partial charge in [-0.3, -0.25) is 18.6 Å². The van der Waals surface area contributed by atoms with Gasteiger partial charge in [0.25, 0.3) is 0 Å². The molecule has 10 heteroatoms. The van der Waals surface area contributed by atoms with Crippen molar-refractivity contribution in [2.24, 2.45) is 0 Å². The number of carbonyl (C=O) groups is 2. The SMILES string of the molecule is CCCCC/C=C\C/C=C\C/C=C\CCCCCCCCCCCCC(=O)NCCOP(=O)(O)OCC(O)COC(=O)CCCCCCCCC/C=C\CCCCCCCCC. The number of ether oxygens (including phenoxy) is 1. The lowest BCUT2D eigenvalue weighted by molar-refractivity contribution is -0.147. The molecule has 0 aromatic heterocycles. The smallest absolute Gasteiger partial charge is 0.463 e. The number of amides is 1. The van der Waals surface area contributed by atoms with Crippen LogP contribution >= 0.6 is 7.82 Å². The van der Waals surface area contributed by atoms with Gasteiger partial charge in [0.15, 0.2) is 0 Å². The highest BCUT2D eigenvalue weighted by Crippen LogP contribution is 2.42. The van der Waals surface area contributed by atoms with Crippen molar-refractivity contribution in [2.45, 2.75) is 245 Å². The number of hydrogen-bond acceptors (Lipinski definition) is 7. The van der Waals surface area contributed by atoms with E-state index in [0.29, 0.717) is 6.42 Å². The molecule has 0 aromatic rings. The van der Waals surface area contributed by atoms with Gasteiger partial charge in [-0.25, -0.2) is 4.57 Å². The molecule has 0 aliphatic carbocycles. The standard InChI is InChI=1S/C52H96NO8P/c1-3-5-7-9-11-13-15-17-19-21-23-24-25-26-27-28-30-32-34-36-38-40-42-44-51(55)53-46-47-60-62(57,58)61-49-50(54)48-59-52(56)45-43-41-39-37-35-33-31-29-22-20-18-16-14-12-10-8-6-4-2/h11,13,17,19-20,22-24,50,54H,3-10,12,14-16,18,21,25-49H2,1-2H3,(H,53,55)(H,57,58)/b13-11-,19-17-,22-20-,24-23-. The van der Waals surface area contributed by atoms with E-state index in [1.807, 2.05) is 0 Å². The number of rotatable bonds is 48. The van der Waals surface area contributed by atoms with Crippen LogP contribution in [0.4, 0.5) is 0 Å². The van der Waals surface area contributed by atoms with Crippen LogP contribution in [0.5, 0.6) is 0 Å². The molecule has 0 aliphatic heterocycles. The number of carbonyl (C=O) groups excluding carboxylic acids is 2. The summed E-state index contributed by atoms with van der Waals surface area (Å²) in [5.41, 5.74) is 0. The Morgan fingerprint density at radius 3 is 1.35 bits per heavy atom. The topological polar surface area (TPSA) is 131 Å². The molecule has 0 rings (SSSR count). The molecule has 0 saturated carbocycles. The zero-order valence-electron chi connectivity index (χ0n) is 40.1. The lowest BCUT2D eigenvalue weighted by Crippen LogP contribution is -2.27. The summed E-state index contributed by atoms with van der Waals surface area (Å²) in [7, 11) is -4.42. The largest absolute Gasteiger partial charge is 0.472 e. The van der Waals surface area contributed by atoms with Crippen molar-refractivity contribution in [3.8, 4) is 0 Å². The maximum Gasteiger partial charge on any atom is 0.472 e. The summed E-state index contributed by atoms with van der Waals surface area (Å²) in [5, 5.41) is 12.7.